The van der Waals surface area contributed by atoms with Crippen LogP contribution in [0.2, 0.25) is 0 Å². The van der Waals surface area contributed by atoms with Crippen LogP contribution in [0, 0.1) is 0 Å². The average Bonchev–Trinajstić information content (AvgIpc) is 2.66. The molecule has 0 bridgehead atoms. The zero-order valence-electron chi connectivity index (χ0n) is 8.69. The summed E-state index contributed by atoms with van der Waals surface area (Å²) in [4.78, 5) is 10.8. The van der Waals surface area contributed by atoms with Crippen LogP contribution in [-0.4, -0.2) is 60.1 Å². The molecule has 0 aromatic carbocycles. The van der Waals surface area contributed by atoms with E-state index >= 15 is 0 Å². The topological polar surface area (TPSA) is 82.0 Å². The van der Waals surface area contributed by atoms with Gasteiger partial charge in [-0.05, 0) is 12.8 Å². The monoisotopic (exact) mass is 218 g/mol. The van der Waals surface area contributed by atoms with Gasteiger partial charge in [0, 0.05) is 13.1 Å². The van der Waals surface area contributed by atoms with E-state index < -0.39 is 12.0 Å². The Morgan fingerprint density at radius 3 is 3.00 bits per heavy atom. The summed E-state index contributed by atoms with van der Waals surface area (Å²) in [5.74, 6) is -0.781. The fraction of sp³-hybridized carbons (Fsp3) is 0.889. The molecule has 15 heavy (non-hydrogen) atoms. The first-order valence-corrected chi connectivity index (χ1v) is 5.17. The molecule has 1 saturated heterocycles. The number of hydrogen-bond donors (Lipinski definition) is 3. The number of rotatable bonds is 7. The predicted molar refractivity (Wildman–Crippen MR) is 53.3 cm³/mol. The third-order valence-electron chi connectivity index (χ3n) is 2.33. The van der Waals surface area contributed by atoms with Crippen molar-refractivity contribution in [3.8, 4) is 0 Å². The van der Waals surface area contributed by atoms with Crippen LogP contribution in [0.3, 0.4) is 0 Å². The van der Waals surface area contributed by atoms with Crippen molar-refractivity contribution in [3.63, 3.8) is 0 Å². The minimum absolute atomic E-state index is 0.0153. The van der Waals surface area contributed by atoms with E-state index in [9.17, 15) is 4.79 Å². The molecule has 1 atom stereocenters. The van der Waals surface area contributed by atoms with Crippen molar-refractivity contribution in [2.24, 2.45) is 0 Å². The molecule has 0 saturated carbocycles. The van der Waals surface area contributed by atoms with E-state index in [0.29, 0.717) is 26.2 Å². The minimum Gasteiger partial charge on any atom is -0.480 e. The highest BCUT2D eigenvalue weighted by Crippen LogP contribution is 2.14. The Hall–Kier alpha value is -0.690. The van der Waals surface area contributed by atoms with E-state index in [1.54, 1.807) is 5.01 Å². The molecule has 88 valence electrons. The molecule has 0 aromatic heterocycles. The van der Waals surface area contributed by atoms with Crippen LogP contribution in [0.4, 0.5) is 0 Å². The maximum Gasteiger partial charge on any atom is 0.322 e. The fourth-order valence-corrected chi connectivity index (χ4v) is 1.64. The van der Waals surface area contributed by atoms with E-state index in [-0.39, 0.29) is 6.61 Å². The number of nitrogens with one attached hydrogen (secondary N) is 1. The van der Waals surface area contributed by atoms with Crippen LogP contribution >= 0.6 is 0 Å². The van der Waals surface area contributed by atoms with Crippen LogP contribution in [-0.2, 0) is 9.53 Å². The number of carboxylic acid groups (broad SMARTS) is 1. The minimum atomic E-state index is -0.781. The van der Waals surface area contributed by atoms with E-state index in [4.69, 9.17) is 14.9 Å². The van der Waals surface area contributed by atoms with Crippen molar-refractivity contribution in [1.82, 2.24) is 10.4 Å². The summed E-state index contributed by atoms with van der Waals surface area (Å²) >= 11 is 0. The number of aliphatic hydroxyl groups excluding tert-OH is 1. The van der Waals surface area contributed by atoms with Gasteiger partial charge in [-0.25, -0.2) is 5.01 Å². The molecule has 0 unspecified atom stereocenters. The third-order valence-corrected chi connectivity index (χ3v) is 2.33. The summed E-state index contributed by atoms with van der Waals surface area (Å²) in [7, 11) is 0. The Morgan fingerprint density at radius 2 is 2.33 bits per heavy atom. The molecule has 6 nitrogen and oxygen atoms in total. The largest absolute Gasteiger partial charge is 0.480 e. The molecule has 1 aliphatic rings. The maximum absolute atomic E-state index is 10.8. The Bertz CT molecular complexity index is 201. The summed E-state index contributed by atoms with van der Waals surface area (Å²) in [5, 5.41) is 19.1. The number of aliphatic carboxylic acids is 1. The Morgan fingerprint density at radius 1 is 1.53 bits per heavy atom. The van der Waals surface area contributed by atoms with Crippen molar-refractivity contribution < 1.29 is 19.7 Å². The molecule has 1 fully saturated rings. The molecular weight excluding hydrogens is 200 g/mol. The van der Waals surface area contributed by atoms with Gasteiger partial charge in [0.25, 0.3) is 0 Å². The van der Waals surface area contributed by atoms with Gasteiger partial charge in [-0.15, -0.1) is 0 Å². The molecule has 0 amide bonds. The van der Waals surface area contributed by atoms with Crippen molar-refractivity contribution >= 4 is 5.97 Å². The van der Waals surface area contributed by atoms with Gasteiger partial charge in [-0.3, -0.25) is 10.2 Å². The number of ether oxygens (including phenoxy) is 1. The smallest absolute Gasteiger partial charge is 0.322 e. The zero-order valence-corrected chi connectivity index (χ0v) is 8.69. The first-order valence-electron chi connectivity index (χ1n) is 5.17. The molecule has 0 aliphatic carbocycles. The first kappa shape index (κ1) is 12.4. The van der Waals surface area contributed by atoms with Crippen LogP contribution in [0.1, 0.15) is 12.8 Å². The highest BCUT2D eigenvalue weighted by Gasteiger charge is 2.29. The summed E-state index contributed by atoms with van der Waals surface area (Å²) in [6.07, 6.45) is 1.60. The van der Waals surface area contributed by atoms with E-state index in [1.807, 2.05) is 0 Å². The lowest BCUT2D eigenvalue weighted by molar-refractivity contribution is -0.143. The second-order valence-electron chi connectivity index (χ2n) is 3.43. The zero-order chi connectivity index (χ0) is 11.1. The summed E-state index contributed by atoms with van der Waals surface area (Å²) in [6, 6.07) is -0.414. The molecule has 1 heterocycles. The standard InChI is InChI=1S/C9H18N2O4/c12-5-7-15-6-3-10-11-4-1-2-8(11)9(13)14/h8,10,12H,1-7H2,(H,13,14)/t8-/m0/s1. The van der Waals surface area contributed by atoms with Gasteiger partial charge in [0.05, 0.1) is 19.8 Å². The average molecular weight is 218 g/mol. The maximum atomic E-state index is 10.8. The first-order chi connectivity index (χ1) is 7.25. The number of nitrogens with zero attached hydrogens (tertiary/aromatic N) is 1. The van der Waals surface area contributed by atoms with E-state index in [2.05, 4.69) is 5.43 Å². The lowest BCUT2D eigenvalue weighted by Crippen LogP contribution is -2.46. The van der Waals surface area contributed by atoms with Gasteiger partial charge in [0.15, 0.2) is 0 Å². The van der Waals surface area contributed by atoms with Crippen molar-refractivity contribution in [1.29, 1.82) is 0 Å². The highest BCUT2D eigenvalue weighted by atomic mass is 16.5. The number of hydrazine groups is 1. The predicted octanol–water partition coefficient (Wildman–Crippen LogP) is -0.951. The third kappa shape index (κ3) is 4.13. The summed E-state index contributed by atoms with van der Waals surface area (Å²) in [5.41, 5.74) is 3.02. The summed E-state index contributed by atoms with van der Waals surface area (Å²) in [6.45, 7) is 2.15. The molecule has 0 spiro atoms. The molecular formula is C9H18N2O4. The van der Waals surface area contributed by atoms with Crippen LogP contribution in [0.15, 0.2) is 0 Å². The lowest BCUT2D eigenvalue weighted by atomic mass is 10.2. The van der Waals surface area contributed by atoms with Gasteiger partial charge in [0.1, 0.15) is 6.04 Å². The molecule has 1 aliphatic heterocycles. The number of carboxylic acids is 1. The van der Waals surface area contributed by atoms with Crippen LogP contribution in [0.25, 0.3) is 0 Å². The number of hydrogen-bond acceptors (Lipinski definition) is 5. The van der Waals surface area contributed by atoms with Gasteiger partial charge in [-0.2, -0.15) is 0 Å². The van der Waals surface area contributed by atoms with Gasteiger partial charge in [-0.1, -0.05) is 0 Å². The lowest BCUT2D eigenvalue weighted by Gasteiger charge is -2.21. The highest BCUT2D eigenvalue weighted by molar-refractivity contribution is 5.73. The summed E-state index contributed by atoms with van der Waals surface area (Å²) < 4.78 is 5.05. The van der Waals surface area contributed by atoms with Crippen LogP contribution < -0.4 is 5.43 Å². The fourth-order valence-electron chi connectivity index (χ4n) is 1.64. The Kier molecular flexibility index (Phi) is 5.56. The quantitative estimate of drug-likeness (QED) is 0.478. The molecule has 6 heteroatoms. The van der Waals surface area contributed by atoms with Gasteiger partial charge < -0.3 is 14.9 Å². The van der Waals surface area contributed by atoms with Crippen molar-refractivity contribution in [3.05, 3.63) is 0 Å². The molecule has 0 radical (unpaired) electrons. The van der Waals surface area contributed by atoms with Gasteiger partial charge in [0.2, 0.25) is 0 Å². The van der Waals surface area contributed by atoms with Crippen molar-refractivity contribution in [2.75, 3.05) is 32.9 Å². The number of carbonyl (C=O) groups is 1. The van der Waals surface area contributed by atoms with Crippen molar-refractivity contribution in [2.45, 2.75) is 18.9 Å². The van der Waals surface area contributed by atoms with Gasteiger partial charge >= 0.3 is 5.97 Å². The second-order valence-corrected chi connectivity index (χ2v) is 3.43. The molecule has 1 rings (SSSR count). The Labute approximate surface area is 88.8 Å². The second kappa shape index (κ2) is 6.73. The molecule has 3 N–H and O–H groups in total. The normalized spacial score (nSPS) is 22.1. The SMILES string of the molecule is O=C(O)[C@@H]1CCCN1NCCOCCO. The van der Waals surface area contributed by atoms with Crippen LogP contribution in [0.5, 0.6) is 0 Å². The van der Waals surface area contributed by atoms with E-state index in [0.717, 1.165) is 13.0 Å². The molecule has 0 aromatic rings. The van der Waals surface area contributed by atoms with E-state index in [1.165, 1.54) is 0 Å². The Balaban J connectivity index is 2.12. The number of aliphatic hydroxyl groups is 1.